The fourth-order valence-corrected chi connectivity index (χ4v) is 2.27. The number of nitrogens with one attached hydrogen (secondary N) is 2. The van der Waals surface area contributed by atoms with Gasteiger partial charge in [0, 0.05) is 36.6 Å². The summed E-state index contributed by atoms with van der Waals surface area (Å²) in [6.45, 7) is 1.33. The summed E-state index contributed by atoms with van der Waals surface area (Å²) >= 11 is 5.76. The highest BCUT2D eigenvalue weighted by Gasteiger charge is 2.26. The van der Waals surface area contributed by atoms with Gasteiger partial charge in [-0.3, -0.25) is 14.9 Å². The number of amides is 1. The number of aliphatic hydroxyl groups excluding tert-OH is 1. The van der Waals surface area contributed by atoms with Gasteiger partial charge in [0.1, 0.15) is 5.56 Å². The molecule has 7 nitrogen and oxygen atoms in total. The van der Waals surface area contributed by atoms with E-state index in [0.29, 0.717) is 13.1 Å². The van der Waals surface area contributed by atoms with Crippen LogP contribution in [0.2, 0.25) is 5.02 Å². The van der Waals surface area contributed by atoms with Crippen LogP contribution in [0, 0.1) is 16.0 Å². The number of nitro benzene ring substituents is 1. The highest BCUT2D eigenvalue weighted by molar-refractivity contribution is 6.31. The smallest absolute Gasteiger partial charge is 0.282 e. The molecule has 21 heavy (non-hydrogen) atoms. The molecule has 2 unspecified atom stereocenters. The minimum absolute atomic E-state index is 0. The summed E-state index contributed by atoms with van der Waals surface area (Å²) in [4.78, 5) is 22.3. The monoisotopic (exact) mass is 335 g/mol. The molecule has 1 amide bonds. The quantitative estimate of drug-likeness (QED) is 0.562. The highest BCUT2D eigenvalue weighted by Crippen LogP contribution is 2.22. The highest BCUT2D eigenvalue weighted by atomic mass is 35.5. The summed E-state index contributed by atoms with van der Waals surface area (Å²) in [5.41, 5.74) is -0.375. The molecule has 0 aromatic heterocycles. The number of nitrogens with zero attached hydrogens (tertiary/aromatic N) is 1. The molecule has 1 aliphatic rings. The van der Waals surface area contributed by atoms with Crippen molar-refractivity contribution in [3.8, 4) is 0 Å². The fourth-order valence-electron chi connectivity index (χ4n) is 2.10. The van der Waals surface area contributed by atoms with Gasteiger partial charge in [-0.2, -0.15) is 0 Å². The normalized spacial score (nSPS) is 20.7. The van der Waals surface area contributed by atoms with Crippen LogP contribution in [0.4, 0.5) is 5.69 Å². The molecule has 3 N–H and O–H groups in total. The van der Waals surface area contributed by atoms with E-state index in [1.165, 1.54) is 18.2 Å². The molecule has 0 bridgehead atoms. The van der Waals surface area contributed by atoms with Crippen molar-refractivity contribution in [3.05, 3.63) is 38.9 Å². The molecule has 0 radical (unpaired) electrons. The van der Waals surface area contributed by atoms with Crippen molar-refractivity contribution in [1.82, 2.24) is 10.6 Å². The largest absolute Gasteiger partial charge is 0.391 e. The average molecular weight is 336 g/mol. The zero-order valence-corrected chi connectivity index (χ0v) is 12.5. The van der Waals surface area contributed by atoms with Gasteiger partial charge in [0.2, 0.25) is 0 Å². The number of rotatable bonds is 4. The van der Waals surface area contributed by atoms with E-state index >= 15 is 0 Å². The van der Waals surface area contributed by atoms with E-state index in [1.54, 1.807) is 0 Å². The Balaban J connectivity index is 0.00000220. The first-order chi connectivity index (χ1) is 9.49. The number of halogens is 2. The number of β-amino-alcohol motifs (C(OH)–C–C–N with tert-alkyl or cyclic N) is 1. The Morgan fingerprint density at radius 1 is 1.52 bits per heavy atom. The molecule has 1 saturated heterocycles. The molecule has 0 aliphatic carbocycles. The molecule has 1 heterocycles. The van der Waals surface area contributed by atoms with E-state index in [0.717, 1.165) is 0 Å². The lowest BCUT2D eigenvalue weighted by Crippen LogP contribution is -2.34. The maximum Gasteiger partial charge on any atom is 0.282 e. The lowest BCUT2D eigenvalue weighted by atomic mass is 10.1. The van der Waals surface area contributed by atoms with Crippen molar-refractivity contribution in [2.75, 3.05) is 19.6 Å². The van der Waals surface area contributed by atoms with Crippen LogP contribution in [0.1, 0.15) is 10.4 Å². The lowest BCUT2D eigenvalue weighted by molar-refractivity contribution is -0.385. The van der Waals surface area contributed by atoms with Crippen LogP contribution >= 0.6 is 24.0 Å². The first kappa shape index (κ1) is 17.6. The number of carbonyl (C=O) groups excluding carboxylic acids is 1. The Morgan fingerprint density at radius 3 is 2.81 bits per heavy atom. The van der Waals surface area contributed by atoms with Crippen LogP contribution in [0.15, 0.2) is 18.2 Å². The van der Waals surface area contributed by atoms with E-state index < -0.39 is 16.9 Å². The molecule has 1 aromatic rings. The SMILES string of the molecule is Cl.O=C(NCC1CNCC1O)c1cc(Cl)ccc1[N+](=O)[O-]. The molecule has 2 rings (SSSR count). The van der Waals surface area contributed by atoms with Crippen LogP contribution in [0.25, 0.3) is 0 Å². The molecular formula is C12H15Cl2N3O4. The molecule has 2 atom stereocenters. The van der Waals surface area contributed by atoms with Crippen molar-refractivity contribution in [3.63, 3.8) is 0 Å². The van der Waals surface area contributed by atoms with Crippen LogP contribution in [0.5, 0.6) is 0 Å². The number of nitro groups is 1. The first-order valence-corrected chi connectivity index (χ1v) is 6.47. The van der Waals surface area contributed by atoms with Gasteiger partial charge in [-0.05, 0) is 12.1 Å². The topological polar surface area (TPSA) is 104 Å². The van der Waals surface area contributed by atoms with Gasteiger partial charge in [0.15, 0.2) is 0 Å². The molecule has 0 saturated carbocycles. The van der Waals surface area contributed by atoms with Crippen molar-refractivity contribution in [2.24, 2.45) is 5.92 Å². The predicted octanol–water partition coefficient (Wildman–Crippen LogP) is 0.980. The van der Waals surface area contributed by atoms with E-state index in [1.807, 2.05) is 0 Å². The molecule has 1 aliphatic heterocycles. The van der Waals surface area contributed by atoms with Crippen molar-refractivity contribution in [2.45, 2.75) is 6.10 Å². The third-order valence-corrected chi connectivity index (χ3v) is 3.46. The Labute approximate surface area is 132 Å². The number of hydrogen-bond donors (Lipinski definition) is 3. The van der Waals surface area contributed by atoms with Crippen molar-refractivity contribution < 1.29 is 14.8 Å². The number of benzene rings is 1. The number of aliphatic hydroxyl groups is 1. The summed E-state index contributed by atoms with van der Waals surface area (Å²) in [6, 6.07) is 3.82. The van der Waals surface area contributed by atoms with Gasteiger partial charge in [0.05, 0.1) is 11.0 Å². The Morgan fingerprint density at radius 2 is 2.24 bits per heavy atom. The number of carbonyl (C=O) groups is 1. The van der Waals surface area contributed by atoms with Crippen molar-refractivity contribution in [1.29, 1.82) is 0 Å². The van der Waals surface area contributed by atoms with E-state index in [4.69, 9.17) is 11.6 Å². The van der Waals surface area contributed by atoms with Gasteiger partial charge in [0.25, 0.3) is 11.6 Å². The zero-order valence-electron chi connectivity index (χ0n) is 10.9. The summed E-state index contributed by atoms with van der Waals surface area (Å²) < 4.78 is 0. The third kappa shape index (κ3) is 4.28. The minimum atomic E-state index is -0.628. The molecule has 0 spiro atoms. The van der Waals surface area contributed by atoms with Crippen molar-refractivity contribution >= 4 is 35.6 Å². The maximum absolute atomic E-state index is 12.0. The van der Waals surface area contributed by atoms with E-state index in [-0.39, 0.29) is 41.1 Å². The molecule has 1 aromatic carbocycles. The van der Waals surface area contributed by atoms with Gasteiger partial charge in [-0.15, -0.1) is 12.4 Å². The Bertz CT molecular complexity index is 541. The minimum Gasteiger partial charge on any atom is -0.391 e. The number of hydrogen-bond acceptors (Lipinski definition) is 5. The van der Waals surface area contributed by atoms with Gasteiger partial charge < -0.3 is 15.7 Å². The fraction of sp³-hybridized carbons (Fsp3) is 0.417. The van der Waals surface area contributed by atoms with E-state index in [2.05, 4.69) is 10.6 Å². The maximum atomic E-state index is 12.0. The average Bonchev–Trinajstić information content (AvgIpc) is 2.81. The van der Waals surface area contributed by atoms with E-state index in [9.17, 15) is 20.0 Å². The second-order valence-corrected chi connectivity index (χ2v) is 5.05. The second kappa shape index (κ2) is 7.56. The second-order valence-electron chi connectivity index (χ2n) is 4.61. The lowest BCUT2D eigenvalue weighted by Gasteiger charge is -2.14. The van der Waals surface area contributed by atoms with Crippen LogP contribution in [-0.4, -0.2) is 41.7 Å². The van der Waals surface area contributed by atoms with Gasteiger partial charge in [-0.25, -0.2) is 0 Å². The molecule has 9 heteroatoms. The third-order valence-electron chi connectivity index (χ3n) is 3.23. The van der Waals surface area contributed by atoms with Crippen LogP contribution < -0.4 is 10.6 Å². The van der Waals surface area contributed by atoms with Gasteiger partial charge in [-0.1, -0.05) is 11.6 Å². The Hall–Kier alpha value is -1.41. The summed E-state index contributed by atoms with van der Waals surface area (Å²) in [5.74, 6) is -0.671. The zero-order chi connectivity index (χ0) is 14.7. The summed E-state index contributed by atoms with van der Waals surface area (Å²) in [7, 11) is 0. The molecular weight excluding hydrogens is 321 g/mol. The van der Waals surface area contributed by atoms with Gasteiger partial charge >= 0.3 is 0 Å². The standard InChI is InChI=1S/C12H14ClN3O4.ClH/c13-8-1-2-10(16(19)20)9(3-8)12(18)15-5-7-4-14-6-11(7)17;/h1-3,7,11,14,17H,4-6H2,(H,15,18);1H. The predicted molar refractivity (Wildman–Crippen MR) is 80.1 cm³/mol. The van der Waals surface area contributed by atoms with Crippen LogP contribution in [-0.2, 0) is 0 Å². The summed E-state index contributed by atoms with van der Waals surface area (Å²) in [5, 5.41) is 26.3. The summed E-state index contributed by atoms with van der Waals surface area (Å²) in [6.07, 6.45) is -0.523. The van der Waals surface area contributed by atoms with Crippen LogP contribution in [0.3, 0.4) is 0 Å². The molecule has 1 fully saturated rings. The first-order valence-electron chi connectivity index (χ1n) is 6.10. The Kier molecular flexibility index (Phi) is 6.35. The molecule has 116 valence electrons.